The van der Waals surface area contributed by atoms with E-state index in [2.05, 4.69) is 0 Å². The number of esters is 2. The smallest absolute Gasteiger partial charge is 0.343 e. The van der Waals surface area contributed by atoms with E-state index < -0.39 is 24.3 Å². The summed E-state index contributed by atoms with van der Waals surface area (Å²) in [6.45, 7) is 0.565. The van der Waals surface area contributed by atoms with Crippen molar-refractivity contribution in [2.75, 3.05) is 0 Å². The number of hydrogen-bond acceptors (Lipinski definition) is 7. The first-order valence-electron chi connectivity index (χ1n) is 13.2. The third-order valence-corrected chi connectivity index (χ3v) is 6.37. The maximum Gasteiger partial charge on any atom is 0.343 e. The van der Waals surface area contributed by atoms with Crippen LogP contribution in [-0.4, -0.2) is 30.4 Å². The molecule has 0 amide bonds. The topological polar surface area (TPSA) is 80.3 Å². The Labute approximate surface area is 233 Å². The highest BCUT2D eigenvalue weighted by Gasteiger charge is 2.36. The van der Waals surface area contributed by atoms with Crippen LogP contribution in [0.15, 0.2) is 115 Å². The van der Waals surface area contributed by atoms with E-state index >= 15 is 0 Å². The lowest BCUT2D eigenvalue weighted by Gasteiger charge is -2.34. The molecule has 0 spiro atoms. The van der Waals surface area contributed by atoms with Crippen LogP contribution in [0.3, 0.4) is 0 Å². The van der Waals surface area contributed by atoms with Crippen LogP contribution < -0.4 is 9.47 Å². The lowest BCUT2D eigenvalue weighted by atomic mass is 10.0. The Morgan fingerprint density at radius 3 is 1.90 bits per heavy atom. The van der Waals surface area contributed by atoms with Gasteiger partial charge in [0.05, 0.1) is 18.3 Å². The average Bonchev–Trinajstić information content (AvgIpc) is 3.01. The van der Waals surface area contributed by atoms with Gasteiger partial charge in [-0.05, 0) is 47.5 Å². The number of carbonyl (C=O) groups excluding carboxylic acids is 2. The molecule has 1 aliphatic rings. The Kier molecular flexibility index (Phi) is 9.19. The molecule has 3 atom stereocenters. The Balaban J connectivity index is 1.21. The molecule has 7 heteroatoms. The third-order valence-electron chi connectivity index (χ3n) is 6.37. The van der Waals surface area contributed by atoms with Crippen molar-refractivity contribution in [1.29, 1.82) is 0 Å². The Hall–Kier alpha value is -4.46. The van der Waals surface area contributed by atoms with Crippen molar-refractivity contribution in [3.63, 3.8) is 0 Å². The predicted octanol–water partition coefficient (Wildman–Crippen LogP) is 6.12. The van der Waals surface area contributed by atoms with Crippen LogP contribution in [0.2, 0.25) is 0 Å². The van der Waals surface area contributed by atoms with Gasteiger partial charge in [0.25, 0.3) is 0 Å². The fourth-order valence-corrected chi connectivity index (χ4v) is 4.30. The molecular weight excluding hydrogens is 508 g/mol. The van der Waals surface area contributed by atoms with Crippen LogP contribution in [0.1, 0.15) is 34.3 Å². The molecule has 0 saturated carbocycles. The van der Waals surface area contributed by atoms with Gasteiger partial charge in [-0.15, -0.1) is 0 Å². The second-order valence-electron chi connectivity index (χ2n) is 9.38. The molecule has 3 unspecified atom stereocenters. The zero-order valence-corrected chi connectivity index (χ0v) is 21.9. The molecular formula is C33H30O7. The van der Waals surface area contributed by atoms with E-state index in [4.69, 9.17) is 23.7 Å². The van der Waals surface area contributed by atoms with Crippen LogP contribution in [-0.2, 0) is 32.2 Å². The Bertz CT molecular complexity index is 1360. The maximum absolute atomic E-state index is 12.9. The largest absolute Gasteiger partial charge is 0.465 e. The van der Waals surface area contributed by atoms with Crippen LogP contribution in [0.4, 0.5) is 0 Å². The van der Waals surface area contributed by atoms with Crippen LogP contribution in [0, 0.1) is 0 Å². The first kappa shape index (κ1) is 27.1. The van der Waals surface area contributed by atoms with Crippen LogP contribution in [0.5, 0.6) is 11.5 Å². The standard InChI is InChI=1S/C33H30O7/c34-32(26-14-8-3-9-15-26)39-28-18-16-27(17-19-28)38-31-21-29(36-22-24-10-4-1-5-11-24)20-30(40-31)33(35)37-23-25-12-6-2-7-13-25/h1-19,29-31H,20-23H2. The highest BCUT2D eigenvalue weighted by molar-refractivity contribution is 5.90. The van der Waals surface area contributed by atoms with Crippen LogP contribution >= 0.6 is 0 Å². The highest BCUT2D eigenvalue weighted by Crippen LogP contribution is 2.28. The number of ether oxygens (including phenoxy) is 5. The molecule has 1 fully saturated rings. The molecule has 0 aliphatic carbocycles. The summed E-state index contributed by atoms with van der Waals surface area (Å²) >= 11 is 0. The molecule has 0 N–H and O–H groups in total. The Morgan fingerprint density at radius 1 is 0.675 bits per heavy atom. The minimum absolute atomic E-state index is 0.157. The van der Waals surface area contributed by atoms with E-state index in [9.17, 15) is 9.59 Å². The monoisotopic (exact) mass is 538 g/mol. The van der Waals surface area contributed by atoms with Crippen molar-refractivity contribution in [3.05, 3.63) is 132 Å². The molecule has 7 nitrogen and oxygen atoms in total. The summed E-state index contributed by atoms with van der Waals surface area (Å²) < 4.78 is 29.2. The second-order valence-corrected chi connectivity index (χ2v) is 9.38. The van der Waals surface area contributed by atoms with Crippen molar-refractivity contribution in [2.24, 2.45) is 0 Å². The zero-order valence-electron chi connectivity index (χ0n) is 21.9. The van der Waals surface area contributed by atoms with Gasteiger partial charge in [-0.1, -0.05) is 78.9 Å². The summed E-state index contributed by atoms with van der Waals surface area (Å²) in [5, 5.41) is 0. The first-order chi connectivity index (χ1) is 19.6. The van der Waals surface area contributed by atoms with Gasteiger partial charge in [0.2, 0.25) is 6.29 Å². The van der Waals surface area contributed by atoms with Gasteiger partial charge >= 0.3 is 11.9 Å². The summed E-state index contributed by atoms with van der Waals surface area (Å²) in [6, 6.07) is 34.8. The number of benzene rings is 4. The summed E-state index contributed by atoms with van der Waals surface area (Å²) in [4.78, 5) is 25.3. The minimum Gasteiger partial charge on any atom is -0.465 e. The van der Waals surface area contributed by atoms with Crippen molar-refractivity contribution < 1.29 is 33.3 Å². The molecule has 0 aromatic heterocycles. The molecule has 40 heavy (non-hydrogen) atoms. The molecule has 0 radical (unpaired) electrons. The van der Waals surface area contributed by atoms with Gasteiger partial charge in [-0.3, -0.25) is 0 Å². The van der Waals surface area contributed by atoms with Gasteiger partial charge < -0.3 is 23.7 Å². The molecule has 1 heterocycles. The van der Waals surface area contributed by atoms with E-state index in [-0.39, 0.29) is 12.7 Å². The lowest BCUT2D eigenvalue weighted by molar-refractivity contribution is -0.206. The van der Waals surface area contributed by atoms with Crippen molar-refractivity contribution in [1.82, 2.24) is 0 Å². The molecule has 1 aliphatic heterocycles. The molecule has 4 aromatic carbocycles. The Morgan fingerprint density at radius 2 is 1.25 bits per heavy atom. The summed E-state index contributed by atoms with van der Waals surface area (Å²) in [7, 11) is 0. The molecule has 4 aromatic rings. The summed E-state index contributed by atoms with van der Waals surface area (Å²) in [5.74, 6) is -0.0180. The zero-order chi connectivity index (χ0) is 27.6. The van der Waals surface area contributed by atoms with E-state index in [0.717, 1.165) is 11.1 Å². The normalized spacial score (nSPS) is 18.4. The van der Waals surface area contributed by atoms with Gasteiger partial charge in [-0.25, -0.2) is 9.59 Å². The van der Waals surface area contributed by atoms with Crippen molar-refractivity contribution >= 4 is 11.9 Å². The number of carbonyl (C=O) groups is 2. The SMILES string of the molecule is O=C(Oc1ccc(OC2CC(OCc3ccccc3)CC(C(=O)OCc3ccccc3)O2)cc1)c1ccccc1. The van der Waals surface area contributed by atoms with E-state index in [1.807, 2.05) is 66.7 Å². The van der Waals surface area contributed by atoms with Gasteiger partial charge in [0.15, 0.2) is 6.10 Å². The van der Waals surface area contributed by atoms with Crippen molar-refractivity contribution in [3.8, 4) is 11.5 Å². The van der Waals surface area contributed by atoms with E-state index in [0.29, 0.717) is 36.5 Å². The maximum atomic E-state index is 12.9. The number of rotatable bonds is 10. The predicted molar refractivity (Wildman–Crippen MR) is 148 cm³/mol. The minimum atomic E-state index is -0.839. The molecule has 204 valence electrons. The fraction of sp³-hybridized carbons (Fsp3) is 0.212. The number of hydrogen-bond donors (Lipinski definition) is 0. The van der Waals surface area contributed by atoms with Gasteiger partial charge in [0.1, 0.15) is 18.1 Å². The van der Waals surface area contributed by atoms with Gasteiger partial charge in [0, 0.05) is 12.8 Å². The quantitative estimate of drug-likeness (QED) is 0.178. The molecule has 5 rings (SSSR count). The highest BCUT2D eigenvalue weighted by atomic mass is 16.7. The van der Waals surface area contributed by atoms with E-state index in [1.165, 1.54) is 0 Å². The van der Waals surface area contributed by atoms with Crippen molar-refractivity contribution in [2.45, 2.75) is 44.6 Å². The molecule has 1 saturated heterocycles. The average molecular weight is 539 g/mol. The fourth-order valence-electron chi connectivity index (χ4n) is 4.30. The second kappa shape index (κ2) is 13.6. The molecule has 0 bridgehead atoms. The summed E-state index contributed by atoms with van der Waals surface area (Å²) in [6.07, 6.45) is -1.07. The first-order valence-corrected chi connectivity index (χ1v) is 13.2. The van der Waals surface area contributed by atoms with Gasteiger partial charge in [-0.2, -0.15) is 0 Å². The van der Waals surface area contributed by atoms with E-state index in [1.54, 1.807) is 48.5 Å². The lowest BCUT2D eigenvalue weighted by Crippen LogP contribution is -2.44. The summed E-state index contributed by atoms with van der Waals surface area (Å²) in [5.41, 5.74) is 2.39. The third kappa shape index (κ3) is 7.79. The van der Waals surface area contributed by atoms with Crippen LogP contribution in [0.25, 0.3) is 0 Å².